The van der Waals surface area contributed by atoms with Gasteiger partial charge in [0.2, 0.25) is 0 Å². The van der Waals surface area contributed by atoms with E-state index in [1.807, 2.05) is 6.21 Å². The van der Waals surface area contributed by atoms with Crippen LogP contribution in [0, 0.1) is 0 Å². The minimum atomic E-state index is 1.03. The second-order valence-corrected chi connectivity index (χ2v) is 3.38. The molecule has 0 unspecified atom stereocenters. The van der Waals surface area contributed by atoms with E-state index in [0.29, 0.717) is 0 Å². The molecule has 1 aliphatic heterocycles. The number of fused-ring (bicyclic) bond motifs is 2. The molecule has 1 aliphatic carbocycles. The second kappa shape index (κ2) is 2.43. The van der Waals surface area contributed by atoms with Crippen LogP contribution >= 0.6 is 0 Å². The van der Waals surface area contributed by atoms with Crippen LogP contribution in [0.2, 0.25) is 0 Å². The summed E-state index contributed by atoms with van der Waals surface area (Å²) in [5.74, 6) is 0. The minimum Gasteiger partial charge on any atom is -0.257 e. The Bertz CT molecular complexity index is 450. The largest absolute Gasteiger partial charge is 0.257 e. The van der Waals surface area contributed by atoms with Crippen LogP contribution in [-0.2, 0) is 6.42 Å². The number of hydrogen-bond acceptors (Lipinski definition) is 1. The lowest BCUT2D eigenvalue weighted by atomic mass is 9.92. The number of nitrogens with zero attached hydrogens (tertiary/aromatic N) is 1. The predicted molar refractivity (Wildman–Crippen MR) is 54.7 cm³/mol. The smallest absolute Gasteiger partial charge is 0.0671 e. The molecule has 0 aromatic heterocycles. The Hall–Kier alpha value is -1.63. The zero-order chi connectivity index (χ0) is 8.67. The first-order valence-electron chi connectivity index (χ1n) is 4.47. The van der Waals surface area contributed by atoms with E-state index in [9.17, 15) is 0 Å². The lowest BCUT2D eigenvalue weighted by Gasteiger charge is -2.13. The van der Waals surface area contributed by atoms with Gasteiger partial charge in [-0.05, 0) is 28.9 Å². The van der Waals surface area contributed by atoms with Gasteiger partial charge in [0.15, 0.2) is 0 Å². The number of aliphatic imine (C=N–C) groups is 1. The fraction of sp³-hybridized carbons (Fsp3) is 0.0833. The highest BCUT2D eigenvalue weighted by Gasteiger charge is 2.15. The summed E-state index contributed by atoms with van der Waals surface area (Å²) in [4.78, 5) is 4.30. The number of rotatable bonds is 0. The second-order valence-electron chi connectivity index (χ2n) is 3.38. The van der Waals surface area contributed by atoms with E-state index in [-0.39, 0.29) is 0 Å². The fourth-order valence-electron chi connectivity index (χ4n) is 1.84. The van der Waals surface area contributed by atoms with Crippen molar-refractivity contribution in [2.24, 2.45) is 4.99 Å². The maximum Gasteiger partial charge on any atom is 0.0671 e. The van der Waals surface area contributed by atoms with Crippen LogP contribution in [0.3, 0.4) is 0 Å². The minimum absolute atomic E-state index is 1.03. The first kappa shape index (κ1) is 6.84. The molecule has 0 N–H and O–H groups in total. The van der Waals surface area contributed by atoms with E-state index in [1.165, 1.54) is 16.7 Å². The standard InChI is InChI=1S/C12H9N/c1-2-4-10-8-12-11(5-6-13-12)7-9(10)3-1/h1-6,8H,7H2. The first-order valence-corrected chi connectivity index (χ1v) is 4.47. The van der Waals surface area contributed by atoms with Crippen LogP contribution in [0.4, 0.5) is 0 Å². The van der Waals surface area contributed by atoms with Crippen molar-refractivity contribution in [1.29, 1.82) is 0 Å². The van der Waals surface area contributed by atoms with E-state index in [4.69, 9.17) is 0 Å². The van der Waals surface area contributed by atoms with Gasteiger partial charge in [-0.2, -0.15) is 0 Å². The van der Waals surface area contributed by atoms with E-state index < -0.39 is 0 Å². The van der Waals surface area contributed by atoms with Crippen molar-refractivity contribution >= 4 is 12.3 Å². The van der Waals surface area contributed by atoms with Gasteiger partial charge in [-0.25, -0.2) is 0 Å². The zero-order valence-corrected chi connectivity index (χ0v) is 7.20. The van der Waals surface area contributed by atoms with Crippen molar-refractivity contribution < 1.29 is 0 Å². The Morgan fingerprint density at radius 1 is 1.15 bits per heavy atom. The van der Waals surface area contributed by atoms with Crippen molar-refractivity contribution in [3.05, 3.63) is 52.7 Å². The van der Waals surface area contributed by atoms with E-state index >= 15 is 0 Å². The maximum absolute atomic E-state index is 4.30. The average molecular weight is 167 g/mol. The molecule has 1 aromatic rings. The van der Waals surface area contributed by atoms with Gasteiger partial charge in [0.05, 0.1) is 5.70 Å². The summed E-state index contributed by atoms with van der Waals surface area (Å²) in [6.45, 7) is 0. The zero-order valence-electron chi connectivity index (χ0n) is 7.20. The van der Waals surface area contributed by atoms with E-state index in [2.05, 4.69) is 41.4 Å². The van der Waals surface area contributed by atoms with Gasteiger partial charge in [-0.1, -0.05) is 24.3 Å². The summed E-state index contributed by atoms with van der Waals surface area (Å²) in [7, 11) is 0. The molecular formula is C12H9N. The Kier molecular flexibility index (Phi) is 1.28. The van der Waals surface area contributed by atoms with Crippen LogP contribution in [0.25, 0.3) is 6.08 Å². The molecule has 0 amide bonds. The quantitative estimate of drug-likeness (QED) is 0.563. The molecule has 1 aromatic carbocycles. The monoisotopic (exact) mass is 167 g/mol. The van der Waals surface area contributed by atoms with Gasteiger partial charge in [0.25, 0.3) is 0 Å². The summed E-state index contributed by atoms with van der Waals surface area (Å²) >= 11 is 0. The average Bonchev–Trinajstić information content (AvgIpc) is 2.61. The fourth-order valence-corrected chi connectivity index (χ4v) is 1.84. The van der Waals surface area contributed by atoms with Crippen molar-refractivity contribution in [1.82, 2.24) is 0 Å². The van der Waals surface area contributed by atoms with Gasteiger partial charge in [-0.15, -0.1) is 0 Å². The SMILES string of the molecule is C1=NC2=Cc3ccccc3CC2=C1. The Labute approximate surface area is 77.1 Å². The topological polar surface area (TPSA) is 12.4 Å². The van der Waals surface area contributed by atoms with Crippen LogP contribution in [0.1, 0.15) is 11.1 Å². The lowest BCUT2D eigenvalue weighted by molar-refractivity contribution is 1.12. The molecule has 62 valence electrons. The molecule has 1 heterocycles. The Morgan fingerprint density at radius 3 is 3.08 bits per heavy atom. The van der Waals surface area contributed by atoms with Crippen LogP contribution < -0.4 is 0 Å². The molecular weight excluding hydrogens is 158 g/mol. The number of hydrogen-bond donors (Lipinski definition) is 0. The van der Waals surface area contributed by atoms with Gasteiger partial charge in [-0.3, -0.25) is 4.99 Å². The number of benzene rings is 1. The Balaban J connectivity index is 2.21. The van der Waals surface area contributed by atoms with E-state index in [0.717, 1.165) is 12.1 Å². The molecule has 0 fully saturated rings. The third-order valence-corrected chi connectivity index (χ3v) is 2.55. The number of allylic oxidation sites excluding steroid dienone is 2. The molecule has 2 aliphatic rings. The van der Waals surface area contributed by atoms with Crippen molar-refractivity contribution in [2.75, 3.05) is 0 Å². The molecule has 0 bridgehead atoms. The highest BCUT2D eigenvalue weighted by molar-refractivity contribution is 5.84. The molecule has 0 spiro atoms. The third-order valence-electron chi connectivity index (χ3n) is 2.55. The Morgan fingerprint density at radius 2 is 2.08 bits per heavy atom. The highest BCUT2D eigenvalue weighted by atomic mass is 14.8. The molecule has 1 nitrogen and oxygen atoms in total. The van der Waals surface area contributed by atoms with E-state index in [1.54, 1.807) is 0 Å². The van der Waals surface area contributed by atoms with Gasteiger partial charge >= 0.3 is 0 Å². The summed E-state index contributed by atoms with van der Waals surface area (Å²) < 4.78 is 0. The first-order chi connectivity index (χ1) is 6.43. The predicted octanol–water partition coefficient (Wildman–Crippen LogP) is 2.59. The maximum atomic E-state index is 4.30. The van der Waals surface area contributed by atoms with Gasteiger partial charge < -0.3 is 0 Å². The van der Waals surface area contributed by atoms with Crippen LogP contribution in [-0.4, -0.2) is 6.21 Å². The summed E-state index contributed by atoms with van der Waals surface area (Å²) in [6, 6.07) is 8.49. The summed E-state index contributed by atoms with van der Waals surface area (Å²) in [6.07, 6.45) is 7.17. The van der Waals surface area contributed by atoms with Crippen LogP contribution in [0.5, 0.6) is 0 Å². The molecule has 3 rings (SSSR count). The third kappa shape index (κ3) is 0.970. The lowest BCUT2D eigenvalue weighted by Crippen LogP contribution is -1.99. The molecule has 0 saturated heterocycles. The normalized spacial score (nSPS) is 17.5. The summed E-state index contributed by atoms with van der Waals surface area (Å²) in [5, 5.41) is 0. The molecule has 0 saturated carbocycles. The molecule has 13 heavy (non-hydrogen) atoms. The molecule has 1 heteroatoms. The van der Waals surface area contributed by atoms with Gasteiger partial charge in [0.1, 0.15) is 0 Å². The molecule has 0 radical (unpaired) electrons. The van der Waals surface area contributed by atoms with Crippen molar-refractivity contribution in [3.63, 3.8) is 0 Å². The highest BCUT2D eigenvalue weighted by Crippen LogP contribution is 2.30. The van der Waals surface area contributed by atoms with Crippen molar-refractivity contribution in [3.8, 4) is 0 Å². The molecule has 0 atom stereocenters. The van der Waals surface area contributed by atoms with Gasteiger partial charge in [0, 0.05) is 12.6 Å². The summed E-state index contributed by atoms with van der Waals surface area (Å²) in [5.41, 5.74) is 5.20. The van der Waals surface area contributed by atoms with Crippen LogP contribution in [0.15, 0.2) is 46.6 Å². The van der Waals surface area contributed by atoms with Crippen molar-refractivity contribution in [2.45, 2.75) is 6.42 Å².